The second-order valence-electron chi connectivity index (χ2n) is 9.72. The van der Waals surface area contributed by atoms with E-state index in [1.807, 2.05) is 0 Å². The minimum absolute atomic E-state index is 0.0599. The lowest BCUT2D eigenvalue weighted by Gasteiger charge is -2.61. The number of carbonyl (C=O) groups is 1. The highest BCUT2D eigenvalue weighted by molar-refractivity contribution is 5.66. The summed E-state index contributed by atoms with van der Waals surface area (Å²) in [5.41, 5.74) is 0.852. The Hall–Kier alpha value is -0.530. The SMILES string of the molecule is CC(=O)O[C@H]1C[C@]2(C)CCC[C@H]2[C@@H]2CC[C@H]3CCCC[C@]3(C)[C@H]21. The number of hydrogen-bond donors (Lipinski definition) is 0. The van der Waals surface area contributed by atoms with Gasteiger partial charge in [-0.2, -0.15) is 0 Å². The van der Waals surface area contributed by atoms with Gasteiger partial charge >= 0.3 is 5.97 Å². The van der Waals surface area contributed by atoms with Gasteiger partial charge in [0.25, 0.3) is 0 Å². The first-order valence-electron chi connectivity index (χ1n) is 10.1. The molecule has 0 N–H and O–H groups in total. The van der Waals surface area contributed by atoms with Crippen LogP contribution in [0.2, 0.25) is 0 Å². The number of esters is 1. The number of carbonyl (C=O) groups excluding carboxylic acids is 1. The molecule has 0 aromatic carbocycles. The number of rotatable bonds is 1. The van der Waals surface area contributed by atoms with Crippen LogP contribution in [0.3, 0.4) is 0 Å². The van der Waals surface area contributed by atoms with Gasteiger partial charge in [0.15, 0.2) is 0 Å². The Morgan fingerprint density at radius 2 is 1.83 bits per heavy atom. The molecule has 0 aromatic rings. The zero-order valence-corrected chi connectivity index (χ0v) is 15.3. The monoisotopic (exact) mass is 318 g/mol. The van der Waals surface area contributed by atoms with Gasteiger partial charge in [-0.05, 0) is 73.5 Å². The molecule has 130 valence electrons. The van der Waals surface area contributed by atoms with E-state index < -0.39 is 0 Å². The van der Waals surface area contributed by atoms with E-state index in [0.717, 1.165) is 24.2 Å². The molecule has 0 spiro atoms. The summed E-state index contributed by atoms with van der Waals surface area (Å²) in [5.74, 6) is 3.14. The van der Waals surface area contributed by atoms with Crippen LogP contribution in [-0.2, 0) is 9.53 Å². The van der Waals surface area contributed by atoms with E-state index >= 15 is 0 Å². The minimum Gasteiger partial charge on any atom is -0.462 e. The Balaban J connectivity index is 1.71. The van der Waals surface area contributed by atoms with Crippen LogP contribution in [0.4, 0.5) is 0 Å². The lowest BCUT2D eigenvalue weighted by atomic mass is 9.44. The molecule has 4 saturated carbocycles. The van der Waals surface area contributed by atoms with Crippen LogP contribution >= 0.6 is 0 Å². The number of ether oxygens (including phenoxy) is 1. The van der Waals surface area contributed by atoms with Crippen molar-refractivity contribution in [3.05, 3.63) is 0 Å². The summed E-state index contributed by atoms with van der Waals surface area (Å²) >= 11 is 0. The van der Waals surface area contributed by atoms with Gasteiger partial charge in [-0.1, -0.05) is 33.1 Å². The topological polar surface area (TPSA) is 26.3 Å². The zero-order valence-electron chi connectivity index (χ0n) is 15.3. The van der Waals surface area contributed by atoms with Gasteiger partial charge in [0.05, 0.1) is 0 Å². The Kier molecular flexibility index (Phi) is 3.81. The Labute approximate surface area is 141 Å². The van der Waals surface area contributed by atoms with Gasteiger partial charge in [0.2, 0.25) is 0 Å². The molecule has 0 heterocycles. The molecule has 0 unspecified atom stereocenters. The highest BCUT2D eigenvalue weighted by Gasteiger charge is 2.61. The molecule has 2 nitrogen and oxygen atoms in total. The molecule has 23 heavy (non-hydrogen) atoms. The largest absolute Gasteiger partial charge is 0.462 e. The number of hydrogen-bond acceptors (Lipinski definition) is 2. The van der Waals surface area contributed by atoms with Crippen LogP contribution in [0.5, 0.6) is 0 Å². The molecule has 0 aliphatic heterocycles. The molecule has 4 aliphatic rings. The predicted octanol–water partition coefficient (Wildman–Crippen LogP) is 5.35. The van der Waals surface area contributed by atoms with Crippen LogP contribution in [0.25, 0.3) is 0 Å². The van der Waals surface area contributed by atoms with Crippen LogP contribution in [0.15, 0.2) is 0 Å². The Bertz CT molecular complexity index is 486. The summed E-state index contributed by atoms with van der Waals surface area (Å²) in [6.45, 7) is 6.66. The van der Waals surface area contributed by atoms with Gasteiger partial charge in [-0.3, -0.25) is 4.79 Å². The van der Waals surface area contributed by atoms with Gasteiger partial charge in [-0.15, -0.1) is 0 Å². The fourth-order valence-corrected chi connectivity index (χ4v) is 7.72. The Morgan fingerprint density at radius 1 is 1.00 bits per heavy atom. The molecule has 0 amide bonds. The third-order valence-corrected chi connectivity index (χ3v) is 8.58. The minimum atomic E-state index is -0.0599. The lowest BCUT2D eigenvalue weighted by Crippen LogP contribution is -2.58. The second kappa shape index (κ2) is 5.49. The smallest absolute Gasteiger partial charge is 0.302 e. The van der Waals surface area contributed by atoms with E-state index in [0.29, 0.717) is 16.7 Å². The highest BCUT2D eigenvalue weighted by atomic mass is 16.5. The van der Waals surface area contributed by atoms with E-state index in [1.165, 1.54) is 57.8 Å². The molecule has 7 atom stereocenters. The molecule has 4 rings (SSSR count). The van der Waals surface area contributed by atoms with Crippen LogP contribution < -0.4 is 0 Å². The molecule has 0 radical (unpaired) electrons. The van der Waals surface area contributed by atoms with Gasteiger partial charge in [0.1, 0.15) is 6.10 Å². The fraction of sp³-hybridized carbons (Fsp3) is 0.952. The first-order valence-corrected chi connectivity index (χ1v) is 10.1. The van der Waals surface area contributed by atoms with Gasteiger partial charge in [0, 0.05) is 12.8 Å². The zero-order chi connectivity index (χ0) is 16.2. The van der Waals surface area contributed by atoms with Crippen LogP contribution in [0, 0.1) is 34.5 Å². The number of fused-ring (bicyclic) bond motifs is 5. The summed E-state index contributed by atoms with van der Waals surface area (Å²) in [7, 11) is 0. The normalized spacial score (nSPS) is 52.2. The maximum atomic E-state index is 11.8. The third kappa shape index (κ3) is 2.38. The summed E-state index contributed by atoms with van der Waals surface area (Å²) in [4.78, 5) is 11.8. The fourth-order valence-electron chi connectivity index (χ4n) is 7.72. The van der Waals surface area contributed by atoms with Crippen molar-refractivity contribution in [1.29, 1.82) is 0 Å². The summed E-state index contributed by atoms with van der Waals surface area (Å²) in [6, 6.07) is 0. The lowest BCUT2D eigenvalue weighted by molar-refractivity contribution is -0.189. The quantitative estimate of drug-likeness (QED) is 0.609. The molecule has 2 heteroatoms. The van der Waals surface area contributed by atoms with Crippen LogP contribution in [0.1, 0.15) is 85.0 Å². The van der Waals surface area contributed by atoms with E-state index in [9.17, 15) is 4.79 Å². The average Bonchev–Trinajstić information content (AvgIpc) is 2.86. The molecular formula is C21H34O2. The molecule has 4 fully saturated rings. The summed E-state index contributed by atoms with van der Waals surface area (Å²) in [6.07, 6.45) is 13.8. The molecule has 0 aromatic heterocycles. The van der Waals surface area contributed by atoms with Crippen molar-refractivity contribution in [2.75, 3.05) is 0 Å². The van der Waals surface area contributed by atoms with Gasteiger partial charge < -0.3 is 4.74 Å². The van der Waals surface area contributed by atoms with E-state index in [-0.39, 0.29) is 12.1 Å². The van der Waals surface area contributed by atoms with Crippen molar-refractivity contribution in [3.63, 3.8) is 0 Å². The van der Waals surface area contributed by atoms with E-state index in [2.05, 4.69) is 13.8 Å². The van der Waals surface area contributed by atoms with Crippen molar-refractivity contribution >= 4 is 5.97 Å². The first kappa shape index (κ1) is 16.0. The predicted molar refractivity (Wildman–Crippen MR) is 91.9 cm³/mol. The summed E-state index contributed by atoms with van der Waals surface area (Å²) < 4.78 is 6.01. The van der Waals surface area contributed by atoms with Gasteiger partial charge in [-0.25, -0.2) is 0 Å². The van der Waals surface area contributed by atoms with Crippen molar-refractivity contribution in [3.8, 4) is 0 Å². The van der Waals surface area contributed by atoms with Crippen molar-refractivity contribution in [2.24, 2.45) is 34.5 Å². The van der Waals surface area contributed by atoms with E-state index in [1.54, 1.807) is 6.92 Å². The Morgan fingerprint density at radius 3 is 2.61 bits per heavy atom. The molecule has 0 saturated heterocycles. The highest BCUT2D eigenvalue weighted by Crippen LogP contribution is 2.66. The van der Waals surface area contributed by atoms with E-state index in [4.69, 9.17) is 4.74 Å². The standard InChI is InChI=1S/C21H34O2/c1-14(22)23-18-13-20(2)11-6-8-17(20)16-10-9-15-7-4-5-12-21(15,3)19(16)18/h15-19H,4-13H2,1-3H3/t15-,16+,17+,18+,19-,20+,21+/m1/s1. The van der Waals surface area contributed by atoms with Crippen molar-refractivity contribution < 1.29 is 9.53 Å². The van der Waals surface area contributed by atoms with Crippen molar-refractivity contribution in [2.45, 2.75) is 91.1 Å². The first-order chi connectivity index (χ1) is 10.9. The second-order valence-corrected chi connectivity index (χ2v) is 9.72. The molecular weight excluding hydrogens is 284 g/mol. The molecule has 4 aliphatic carbocycles. The maximum Gasteiger partial charge on any atom is 0.302 e. The van der Waals surface area contributed by atoms with Crippen LogP contribution in [-0.4, -0.2) is 12.1 Å². The molecule has 0 bridgehead atoms. The maximum absolute atomic E-state index is 11.8. The van der Waals surface area contributed by atoms with Crippen molar-refractivity contribution in [1.82, 2.24) is 0 Å². The average molecular weight is 319 g/mol. The summed E-state index contributed by atoms with van der Waals surface area (Å²) in [5, 5.41) is 0. The third-order valence-electron chi connectivity index (χ3n) is 8.58.